The Kier molecular flexibility index (Phi) is 4.82. The minimum absolute atomic E-state index is 0.152. The van der Waals surface area contributed by atoms with Crippen LogP contribution in [-0.2, 0) is 4.74 Å². The van der Waals surface area contributed by atoms with Gasteiger partial charge >= 0.3 is 0 Å². The van der Waals surface area contributed by atoms with Gasteiger partial charge in [0.25, 0.3) is 0 Å². The van der Waals surface area contributed by atoms with Crippen LogP contribution in [0.15, 0.2) is 30.9 Å². The van der Waals surface area contributed by atoms with Gasteiger partial charge in [0.2, 0.25) is 0 Å². The summed E-state index contributed by atoms with van der Waals surface area (Å²) in [6.45, 7) is 3.67. The molecule has 4 nitrogen and oxygen atoms in total. The Labute approximate surface area is 95.1 Å². The third-order valence-electron chi connectivity index (χ3n) is 2.08. The Bertz CT molecular complexity index is 349. The number of methoxy groups -OCH3 is 2. The first-order valence-corrected chi connectivity index (χ1v) is 4.83. The predicted molar refractivity (Wildman–Crippen MR) is 60.7 cm³/mol. The van der Waals surface area contributed by atoms with Crippen molar-refractivity contribution in [1.29, 1.82) is 0 Å². The molecule has 0 saturated heterocycles. The van der Waals surface area contributed by atoms with E-state index in [4.69, 9.17) is 14.2 Å². The summed E-state index contributed by atoms with van der Waals surface area (Å²) in [5.74, 6) is 1.12. The van der Waals surface area contributed by atoms with Crippen molar-refractivity contribution in [1.82, 2.24) is 0 Å². The predicted octanol–water partition coefficient (Wildman–Crippen LogP) is 1.90. The van der Waals surface area contributed by atoms with Gasteiger partial charge in [-0.1, -0.05) is 12.1 Å². The van der Waals surface area contributed by atoms with Crippen molar-refractivity contribution in [2.24, 2.45) is 0 Å². The van der Waals surface area contributed by atoms with E-state index in [1.54, 1.807) is 32.4 Å². The van der Waals surface area contributed by atoms with E-state index in [9.17, 15) is 5.11 Å². The second kappa shape index (κ2) is 6.15. The first-order valence-electron chi connectivity index (χ1n) is 4.83. The van der Waals surface area contributed by atoms with Crippen molar-refractivity contribution in [2.45, 2.75) is 6.10 Å². The number of rotatable bonds is 6. The largest absolute Gasteiger partial charge is 0.493 e. The summed E-state index contributed by atoms with van der Waals surface area (Å²) in [6.07, 6.45) is 0.746. The molecule has 0 heterocycles. The third kappa shape index (κ3) is 2.98. The minimum atomic E-state index is -0.703. The van der Waals surface area contributed by atoms with E-state index >= 15 is 0 Å². The second-order valence-electron chi connectivity index (χ2n) is 3.14. The van der Waals surface area contributed by atoms with Crippen LogP contribution in [0.3, 0.4) is 0 Å². The lowest BCUT2D eigenvalue weighted by molar-refractivity contribution is 0.0491. The van der Waals surface area contributed by atoms with Gasteiger partial charge in [-0.05, 0) is 17.7 Å². The van der Waals surface area contributed by atoms with Gasteiger partial charge in [0, 0.05) is 7.11 Å². The number of hydrogen-bond donors (Lipinski definition) is 1. The first-order chi connectivity index (χ1) is 7.72. The van der Waals surface area contributed by atoms with Crippen molar-refractivity contribution < 1.29 is 19.3 Å². The summed E-state index contributed by atoms with van der Waals surface area (Å²) in [5.41, 5.74) is 0.705. The van der Waals surface area contributed by atoms with Gasteiger partial charge in [-0.15, -0.1) is 6.58 Å². The molecule has 0 spiro atoms. The fraction of sp³-hybridized carbons (Fsp3) is 0.333. The molecule has 0 radical (unpaired) electrons. The SMILES string of the molecule is C=C[C@@H](O)c1ccc(OCOC)c(OC)c1. The van der Waals surface area contributed by atoms with Gasteiger partial charge in [-0.2, -0.15) is 0 Å². The van der Waals surface area contributed by atoms with Crippen molar-refractivity contribution >= 4 is 0 Å². The Morgan fingerprint density at radius 1 is 1.38 bits per heavy atom. The van der Waals surface area contributed by atoms with Crippen LogP contribution < -0.4 is 9.47 Å². The van der Waals surface area contributed by atoms with Crippen LogP contribution in [0.1, 0.15) is 11.7 Å². The molecule has 0 aliphatic heterocycles. The van der Waals surface area contributed by atoms with Crippen LogP contribution >= 0.6 is 0 Å². The van der Waals surface area contributed by atoms with Gasteiger partial charge in [-0.3, -0.25) is 0 Å². The Morgan fingerprint density at radius 2 is 2.12 bits per heavy atom. The molecule has 1 N–H and O–H groups in total. The zero-order valence-electron chi connectivity index (χ0n) is 9.47. The van der Waals surface area contributed by atoms with E-state index in [-0.39, 0.29) is 6.79 Å². The van der Waals surface area contributed by atoms with E-state index in [2.05, 4.69) is 6.58 Å². The number of aliphatic hydroxyl groups is 1. The van der Waals surface area contributed by atoms with Gasteiger partial charge in [0.1, 0.15) is 0 Å². The first kappa shape index (κ1) is 12.5. The summed E-state index contributed by atoms with van der Waals surface area (Å²) in [5, 5.41) is 9.58. The van der Waals surface area contributed by atoms with E-state index in [1.165, 1.54) is 6.08 Å². The zero-order valence-corrected chi connectivity index (χ0v) is 9.47. The van der Waals surface area contributed by atoms with E-state index in [1.807, 2.05) is 0 Å². The second-order valence-corrected chi connectivity index (χ2v) is 3.14. The highest BCUT2D eigenvalue weighted by Crippen LogP contribution is 2.30. The molecule has 0 bridgehead atoms. The van der Waals surface area contributed by atoms with Gasteiger partial charge in [0.05, 0.1) is 13.2 Å². The number of ether oxygens (including phenoxy) is 3. The highest BCUT2D eigenvalue weighted by molar-refractivity contribution is 5.44. The fourth-order valence-electron chi connectivity index (χ4n) is 1.25. The summed E-state index contributed by atoms with van der Waals surface area (Å²) >= 11 is 0. The van der Waals surface area contributed by atoms with Crippen LogP contribution in [0, 0.1) is 0 Å². The lowest BCUT2D eigenvalue weighted by Gasteiger charge is -2.12. The molecular weight excluding hydrogens is 208 g/mol. The van der Waals surface area contributed by atoms with E-state index in [0.29, 0.717) is 17.1 Å². The summed E-state index contributed by atoms with van der Waals surface area (Å²) in [4.78, 5) is 0. The maximum absolute atomic E-state index is 9.58. The highest BCUT2D eigenvalue weighted by Gasteiger charge is 2.09. The van der Waals surface area contributed by atoms with Crippen LogP contribution in [0.2, 0.25) is 0 Å². The monoisotopic (exact) mass is 224 g/mol. The van der Waals surface area contributed by atoms with Gasteiger partial charge < -0.3 is 19.3 Å². The molecule has 0 aliphatic rings. The van der Waals surface area contributed by atoms with Crippen LogP contribution in [-0.4, -0.2) is 26.1 Å². The summed E-state index contributed by atoms with van der Waals surface area (Å²) in [7, 11) is 3.08. The molecule has 1 atom stereocenters. The molecule has 16 heavy (non-hydrogen) atoms. The standard InChI is InChI=1S/C12H16O4/c1-4-10(13)9-5-6-11(16-8-14-2)12(7-9)15-3/h4-7,10,13H,1,8H2,2-3H3/t10-/m1/s1. The molecule has 1 rings (SSSR count). The molecule has 88 valence electrons. The molecule has 1 aromatic rings. The molecule has 4 heteroatoms. The topological polar surface area (TPSA) is 47.9 Å². The molecular formula is C12H16O4. The molecule has 0 aromatic heterocycles. The smallest absolute Gasteiger partial charge is 0.188 e. The molecule has 0 saturated carbocycles. The Morgan fingerprint density at radius 3 is 2.69 bits per heavy atom. The Hall–Kier alpha value is -1.52. The maximum Gasteiger partial charge on any atom is 0.188 e. The maximum atomic E-state index is 9.58. The van der Waals surface area contributed by atoms with Crippen LogP contribution in [0.5, 0.6) is 11.5 Å². The van der Waals surface area contributed by atoms with Gasteiger partial charge in [0.15, 0.2) is 18.3 Å². The fourth-order valence-corrected chi connectivity index (χ4v) is 1.25. The molecule has 0 amide bonds. The Balaban J connectivity index is 2.92. The van der Waals surface area contributed by atoms with Crippen molar-refractivity contribution in [3.8, 4) is 11.5 Å². The quantitative estimate of drug-likeness (QED) is 0.592. The molecule has 0 fully saturated rings. The lowest BCUT2D eigenvalue weighted by Crippen LogP contribution is -2.02. The average Bonchev–Trinajstić information content (AvgIpc) is 2.35. The normalized spacial score (nSPS) is 11.9. The lowest BCUT2D eigenvalue weighted by atomic mass is 10.1. The molecule has 1 aromatic carbocycles. The third-order valence-corrected chi connectivity index (χ3v) is 2.08. The van der Waals surface area contributed by atoms with E-state index < -0.39 is 6.10 Å². The average molecular weight is 224 g/mol. The van der Waals surface area contributed by atoms with Crippen molar-refractivity contribution in [3.05, 3.63) is 36.4 Å². The number of hydrogen-bond acceptors (Lipinski definition) is 4. The molecule has 0 aliphatic carbocycles. The number of benzene rings is 1. The number of aliphatic hydroxyl groups excluding tert-OH is 1. The summed E-state index contributed by atoms with van der Waals surface area (Å²) < 4.78 is 15.2. The zero-order chi connectivity index (χ0) is 12.0. The van der Waals surface area contributed by atoms with E-state index in [0.717, 1.165) is 0 Å². The van der Waals surface area contributed by atoms with Crippen molar-refractivity contribution in [2.75, 3.05) is 21.0 Å². The van der Waals surface area contributed by atoms with Crippen molar-refractivity contribution in [3.63, 3.8) is 0 Å². The summed E-state index contributed by atoms with van der Waals surface area (Å²) in [6, 6.07) is 5.18. The molecule has 0 unspecified atom stereocenters. The highest BCUT2D eigenvalue weighted by atomic mass is 16.7. The van der Waals surface area contributed by atoms with Gasteiger partial charge in [-0.25, -0.2) is 0 Å². The van der Waals surface area contributed by atoms with Crippen LogP contribution in [0.25, 0.3) is 0 Å². The minimum Gasteiger partial charge on any atom is -0.493 e. The van der Waals surface area contributed by atoms with Crippen LogP contribution in [0.4, 0.5) is 0 Å².